The molecule has 0 fully saturated rings. The van der Waals surface area contributed by atoms with Gasteiger partial charge in [0.05, 0.1) is 20.8 Å². The van der Waals surface area contributed by atoms with Crippen LogP contribution in [0, 0.1) is 0 Å². The van der Waals surface area contributed by atoms with Gasteiger partial charge in [0.25, 0.3) is 5.56 Å². The molecule has 2 aromatic rings. The van der Waals surface area contributed by atoms with Gasteiger partial charge >= 0.3 is 5.69 Å². The largest absolute Gasteiger partial charge is 0.494 e. The van der Waals surface area contributed by atoms with E-state index >= 15 is 0 Å². The third kappa shape index (κ3) is 2.58. The van der Waals surface area contributed by atoms with E-state index in [2.05, 4.69) is 0 Å². The normalized spacial score (nSPS) is 16.4. The van der Waals surface area contributed by atoms with Gasteiger partial charge < -0.3 is 19.9 Å². The summed E-state index contributed by atoms with van der Waals surface area (Å²) < 4.78 is 12.8. The van der Waals surface area contributed by atoms with Crippen molar-refractivity contribution in [2.24, 2.45) is 14.1 Å². The second-order valence-corrected chi connectivity index (χ2v) is 6.10. The monoisotopic (exact) mass is 348 g/mol. The summed E-state index contributed by atoms with van der Waals surface area (Å²) in [5.41, 5.74) is 1.03. The van der Waals surface area contributed by atoms with Gasteiger partial charge in [0.15, 0.2) is 11.5 Å². The molecule has 1 aromatic carbocycles. The molecule has 0 radical (unpaired) electrons. The molecule has 0 bridgehead atoms. The van der Waals surface area contributed by atoms with Crippen LogP contribution in [0.4, 0.5) is 0 Å². The zero-order valence-electron chi connectivity index (χ0n) is 14.7. The van der Waals surface area contributed by atoms with E-state index in [1.807, 2.05) is 17.4 Å². The van der Waals surface area contributed by atoms with Gasteiger partial charge in [0.2, 0.25) is 5.88 Å². The molecule has 0 spiro atoms. The number of quaternary nitrogens is 1. The van der Waals surface area contributed by atoms with Crippen molar-refractivity contribution in [2.75, 3.05) is 20.8 Å². The van der Waals surface area contributed by atoms with Crippen LogP contribution in [0.2, 0.25) is 0 Å². The van der Waals surface area contributed by atoms with Crippen molar-refractivity contribution in [3.8, 4) is 17.4 Å². The smallest absolute Gasteiger partial charge is 0.333 e. The van der Waals surface area contributed by atoms with Gasteiger partial charge in [-0.25, -0.2) is 4.79 Å². The van der Waals surface area contributed by atoms with Crippen LogP contribution < -0.4 is 26.0 Å². The van der Waals surface area contributed by atoms with Crippen molar-refractivity contribution >= 4 is 0 Å². The van der Waals surface area contributed by atoms with Gasteiger partial charge in [-0.2, -0.15) is 0 Å². The first-order chi connectivity index (χ1) is 11.9. The molecule has 1 aliphatic rings. The van der Waals surface area contributed by atoms with Crippen molar-refractivity contribution in [2.45, 2.75) is 12.5 Å². The fourth-order valence-electron chi connectivity index (χ4n) is 3.38. The predicted molar refractivity (Wildman–Crippen MR) is 90.5 cm³/mol. The summed E-state index contributed by atoms with van der Waals surface area (Å²) >= 11 is 0. The lowest BCUT2D eigenvalue weighted by atomic mass is 9.90. The molecule has 1 atom stereocenters. The van der Waals surface area contributed by atoms with Crippen LogP contribution in [0.3, 0.4) is 0 Å². The van der Waals surface area contributed by atoms with Crippen LogP contribution in [0.1, 0.15) is 22.7 Å². The maximum Gasteiger partial charge on any atom is 0.333 e. The molecule has 134 valence electrons. The molecule has 0 saturated carbocycles. The molecule has 3 rings (SSSR count). The summed E-state index contributed by atoms with van der Waals surface area (Å²) in [5, 5.41) is 12.4. The summed E-state index contributed by atoms with van der Waals surface area (Å²) in [6, 6.07) is 3.31. The zero-order chi connectivity index (χ0) is 18.3. The molecule has 3 N–H and O–H groups in total. The first kappa shape index (κ1) is 17.1. The number of fused-ring (bicyclic) bond motifs is 1. The third-order valence-corrected chi connectivity index (χ3v) is 4.78. The highest BCUT2D eigenvalue weighted by molar-refractivity contribution is 5.51. The van der Waals surface area contributed by atoms with Crippen molar-refractivity contribution in [3.63, 3.8) is 0 Å². The van der Waals surface area contributed by atoms with Crippen LogP contribution in [0.25, 0.3) is 0 Å². The quantitative estimate of drug-likeness (QED) is 0.742. The van der Waals surface area contributed by atoms with E-state index in [9.17, 15) is 14.7 Å². The lowest BCUT2D eigenvalue weighted by Gasteiger charge is -2.26. The number of nitrogens with zero attached hydrogens (tertiary/aromatic N) is 2. The Kier molecular flexibility index (Phi) is 4.30. The van der Waals surface area contributed by atoms with Crippen molar-refractivity contribution in [1.29, 1.82) is 0 Å². The Hall–Kier alpha value is -2.74. The van der Waals surface area contributed by atoms with Crippen LogP contribution in [-0.2, 0) is 20.5 Å². The topological polar surface area (TPSA) is 99.3 Å². The van der Waals surface area contributed by atoms with Crippen LogP contribution >= 0.6 is 0 Å². The first-order valence-corrected chi connectivity index (χ1v) is 7.97. The highest BCUT2D eigenvalue weighted by atomic mass is 16.5. The van der Waals surface area contributed by atoms with Crippen LogP contribution in [-0.4, -0.2) is 35.0 Å². The van der Waals surface area contributed by atoms with E-state index in [1.165, 1.54) is 14.1 Å². The SMILES string of the molecule is COc1cc2c(cc1OC)[C@@H](c1c(O)n(C)c(=O)n(C)c1=O)[NH2+]CC2. The average molecular weight is 348 g/mol. The number of methoxy groups -OCH3 is 2. The first-order valence-electron chi connectivity index (χ1n) is 7.97. The van der Waals surface area contributed by atoms with Crippen molar-refractivity contribution in [3.05, 3.63) is 49.7 Å². The molecule has 1 aliphatic heterocycles. The number of nitrogens with two attached hydrogens (primary N) is 1. The Bertz CT molecular complexity index is 945. The number of rotatable bonds is 3. The molecule has 0 unspecified atom stereocenters. The van der Waals surface area contributed by atoms with E-state index in [0.717, 1.165) is 33.2 Å². The molecule has 1 aromatic heterocycles. The van der Waals surface area contributed by atoms with Crippen molar-refractivity contribution < 1.29 is 19.9 Å². The molecule has 0 amide bonds. The Labute approximate surface area is 144 Å². The minimum atomic E-state index is -0.561. The predicted octanol–water partition coefficient (Wildman–Crippen LogP) is -0.984. The van der Waals surface area contributed by atoms with Crippen molar-refractivity contribution in [1.82, 2.24) is 9.13 Å². The number of aromatic nitrogens is 2. The van der Waals surface area contributed by atoms with Gasteiger partial charge in [-0.3, -0.25) is 13.9 Å². The lowest BCUT2D eigenvalue weighted by Crippen LogP contribution is -2.88. The molecule has 0 saturated heterocycles. The Balaban J connectivity index is 2.27. The summed E-state index contributed by atoms with van der Waals surface area (Å²) in [6.07, 6.45) is 0.805. The molecular formula is C17H22N3O5+. The molecule has 0 aliphatic carbocycles. The van der Waals surface area contributed by atoms with Gasteiger partial charge in [0.1, 0.15) is 11.6 Å². The number of aromatic hydroxyl groups is 1. The molecular weight excluding hydrogens is 326 g/mol. The molecule has 2 heterocycles. The maximum atomic E-state index is 12.7. The fraction of sp³-hybridized carbons (Fsp3) is 0.412. The van der Waals surface area contributed by atoms with E-state index in [-0.39, 0.29) is 11.4 Å². The Morgan fingerprint density at radius 2 is 1.76 bits per heavy atom. The van der Waals surface area contributed by atoms with Gasteiger partial charge in [-0.05, 0) is 17.7 Å². The van der Waals surface area contributed by atoms with Gasteiger partial charge in [-0.1, -0.05) is 0 Å². The van der Waals surface area contributed by atoms with E-state index < -0.39 is 17.3 Å². The zero-order valence-corrected chi connectivity index (χ0v) is 14.7. The van der Waals surface area contributed by atoms with Gasteiger partial charge in [0, 0.05) is 26.1 Å². The average Bonchev–Trinajstić information content (AvgIpc) is 2.63. The summed E-state index contributed by atoms with van der Waals surface area (Å²) in [6.45, 7) is 0.749. The Morgan fingerprint density at radius 1 is 1.12 bits per heavy atom. The second-order valence-electron chi connectivity index (χ2n) is 6.10. The van der Waals surface area contributed by atoms with E-state index in [0.29, 0.717) is 11.5 Å². The summed E-state index contributed by atoms with van der Waals surface area (Å²) in [7, 11) is 5.98. The number of hydrogen-bond acceptors (Lipinski definition) is 5. The number of ether oxygens (including phenoxy) is 2. The fourth-order valence-corrected chi connectivity index (χ4v) is 3.38. The van der Waals surface area contributed by atoms with Crippen LogP contribution in [0.5, 0.6) is 17.4 Å². The summed E-state index contributed by atoms with van der Waals surface area (Å²) in [5.74, 6) is 0.874. The van der Waals surface area contributed by atoms with Gasteiger partial charge in [-0.15, -0.1) is 0 Å². The standard InChI is InChI=1S/C17H21N3O5/c1-19-15(21)13(16(22)20(2)17(19)23)14-10-8-12(25-4)11(24-3)7-9(10)5-6-18-14/h7-8,14,18,21H,5-6H2,1-4H3/p+1/t14-/m0/s1. The van der Waals surface area contributed by atoms with E-state index in [1.54, 1.807) is 14.2 Å². The maximum absolute atomic E-state index is 12.7. The highest BCUT2D eigenvalue weighted by Crippen LogP contribution is 2.36. The Morgan fingerprint density at radius 3 is 2.40 bits per heavy atom. The molecule has 8 heteroatoms. The van der Waals surface area contributed by atoms with E-state index in [4.69, 9.17) is 9.47 Å². The highest BCUT2D eigenvalue weighted by Gasteiger charge is 2.33. The third-order valence-electron chi connectivity index (χ3n) is 4.78. The second kappa shape index (κ2) is 6.29. The van der Waals surface area contributed by atoms with Crippen LogP contribution in [0.15, 0.2) is 21.7 Å². The summed E-state index contributed by atoms with van der Waals surface area (Å²) in [4.78, 5) is 24.7. The minimum Gasteiger partial charge on any atom is -0.494 e. The number of benzene rings is 1. The minimum absolute atomic E-state index is 0.192. The lowest BCUT2D eigenvalue weighted by molar-refractivity contribution is -0.690. The molecule has 8 nitrogen and oxygen atoms in total. The number of hydrogen-bond donors (Lipinski definition) is 2. The molecule has 25 heavy (non-hydrogen) atoms.